The van der Waals surface area contributed by atoms with Crippen molar-refractivity contribution in [2.75, 3.05) is 0 Å². The predicted molar refractivity (Wildman–Crippen MR) is 73.1 cm³/mol. The molecule has 0 aliphatic rings. The van der Waals surface area contributed by atoms with Crippen molar-refractivity contribution in [2.24, 2.45) is 0 Å². The lowest BCUT2D eigenvalue weighted by atomic mass is 10.2. The smallest absolute Gasteiger partial charge is 0.182 e. The first-order chi connectivity index (χ1) is 9.61. The summed E-state index contributed by atoms with van der Waals surface area (Å²) in [4.78, 5) is 2.87. The minimum atomic E-state index is -0.718. The third-order valence-electron chi connectivity index (χ3n) is 2.97. The van der Waals surface area contributed by atoms with E-state index in [0.29, 0.717) is 16.6 Å². The molecule has 3 rings (SSSR count). The second-order valence-corrected chi connectivity index (χ2v) is 4.57. The zero-order chi connectivity index (χ0) is 14.3. The number of aromatic amines is 1. The minimum Gasteiger partial charge on any atom is -0.330 e. The monoisotopic (exact) mass is 287 g/mol. The number of imidazole rings is 1. The number of nitriles is 1. The van der Waals surface area contributed by atoms with Crippen molar-refractivity contribution in [3.63, 3.8) is 0 Å². The number of benzene rings is 2. The largest absolute Gasteiger partial charge is 0.330 e. The Morgan fingerprint density at radius 1 is 1.15 bits per heavy atom. The van der Waals surface area contributed by atoms with E-state index in [9.17, 15) is 8.78 Å². The maximum atomic E-state index is 13.9. The van der Waals surface area contributed by atoms with Crippen LogP contribution in [-0.2, 0) is 0 Å². The number of nitrogens with zero attached hydrogens (tertiary/aromatic N) is 2. The minimum absolute atomic E-state index is 0.166. The first-order valence-corrected chi connectivity index (χ1v) is 6.12. The van der Waals surface area contributed by atoms with Crippen molar-refractivity contribution in [1.29, 1.82) is 5.26 Å². The highest BCUT2D eigenvalue weighted by Crippen LogP contribution is 2.24. The third kappa shape index (κ3) is 1.80. The number of H-pyrrole nitrogens is 1. The van der Waals surface area contributed by atoms with Gasteiger partial charge in [0, 0.05) is 0 Å². The molecule has 3 aromatic rings. The maximum Gasteiger partial charge on any atom is 0.182 e. The van der Waals surface area contributed by atoms with Gasteiger partial charge < -0.3 is 4.98 Å². The van der Waals surface area contributed by atoms with Gasteiger partial charge in [0.15, 0.2) is 4.77 Å². The van der Waals surface area contributed by atoms with Crippen LogP contribution in [0.15, 0.2) is 36.4 Å². The van der Waals surface area contributed by atoms with Gasteiger partial charge in [0.1, 0.15) is 17.3 Å². The molecule has 0 fully saturated rings. The molecule has 0 atom stereocenters. The van der Waals surface area contributed by atoms with Crippen LogP contribution in [0.2, 0.25) is 0 Å². The molecule has 20 heavy (non-hydrogen) atoms. The van der Waals surface area contributed by atoms with Crippen molar-refractivity contribution >= 4 is 23.3 Å². The zero-order valence-corrected chi connectivity index (χ0v) is 10.8. The second-order valence-electron chi connectivity index (χ2n) is 4.18. The van der Waals surface area contributed by atoms with E-state index in [0.717, 1.165) is 12.1 Å². The van der Waals surface area contributed by atoms with Crippen LogP contribution in [-0.4, -0.2) is 9.55 Å². The van der Waals surface area contributed by atoms with E-state index in [-0.39, 0.29) is 10.5 Å². The molecule has 0 bridgehead atoms. The molecule has 0 saturated heterocycles. The van der Waals surface area contributed by atoms with Gasteiger partial charge in [-0.3, -0.25) is 4.57 Å². The van der Waals surface area contributed by atoms with Crippen LogP contribution in [0.3, 0.4) is 0 Å². The molecule has 3 nitrogen and oxygen atoms in total. The summed E-state index contributed by atoms with van der Waals surface area (Å²) in [7, 11) is 0. The van der Waals surface area contributed by atoms with Gasteiger partial charge in [0.25, 0.3) is 0 Å². The zero-order valence-electron chi connectivity index (χ0n) is 10.0. The van der Waals surface area contributed by atoms with Gasteiger partial charge in [-0.2, -0.15) is 5.26 Å². The number of hydrogen-bond acceptors (Lipinski definition) is 2. The first-order valence-electron chi connectivity index (χ1n) is 5.71. The summed E-state index contributed by atoms with van der Waals surface area (Å²) >= 11 is 5.12. The van der Waals surface area contributed by atoms with Crippen LogP contribution in [0.25, 0.3) is 16.7 Å². The van der Waals surface area contributed by atoms with Gasteiger partial charge in [-0.05, 0) is 42.5 Å². The fraction of sp³-hybridized carbons (Fsp3) is 0. The summed E-state index contributed by atoms with van der Waals surface area (Å²) in [6.07, 6.45) is 0. The average molecular weight is 287 g/mol. The lowest BCUT2D eigenvalue weighted by Gasteiger charge is -2.07. The second kappa shape index (κ2) is 4.54. The molecule has 0 unspecified atom stereocenters. The molecule has 2 aromatic carbocycles. The van der Waals surface area contributed by atoms with Gasteiger partial charge in [-0.1, -0.05) is 6.07 Å². The highest BCUT2D eigenvalue weighted by atomic mass is 32.1. The molecule has 0 spiro atoms. The van der Waals surface area contributed by atoms with E-state index in [1.165, 1.54) is 16.7 Å². The van der Waals surface area contributed by atoms with Gasteiger partial charge in [-0.15, -0.1) is 0 Å². The molecule has 6 heteroatoms. The Kier molecular flexibility index (Phi) is 2.84. The van der Waals surface area contributed by atoms with Crippen molar-refractivity contribution in [3.05, 3.63) is 58.4 Å². The van der Waals surface area contributed by atoms with Crippen LogP contribution in [0.4, 0.5) is 8.78 Å². The maximum absolute atomic E-state index is 13.9. The fourth-order valence-electron chi connectivity index (χ4n) is 2.10. The van der Waals surface area contributed by atoms with E-state index < -0.39 is 11.6 Å². The van der Waals surface area contributed by atoms with Gasteiger partial charge in [0.05, 0.1) is 22.7 Å². The Balaban J connectivity index is 2.45. The summed E-state index contributed by atoms with van der Waals surface area (Å²) in [5.74, 6) is -1.44. The van der Waals surface area contributed by atoms with Crippen LogP contribution < -0.4 is 0 Å². The first kappa shape index (κ1) is 12.5. The summed E-state index contributed by atoms with van der Waals surface area (Å²) in [6, 6.07) is 10.4. The summed E-state index contributed by atoms with van der Waals surface area (Å²) in [6.45, 7) is 0. The molecule has 1 N–H and O–H groups in total. The van der Waals surface area contributed by atoms with E-state index in [1.54, 1.807) is 12.1 Å². The van der Waals surface area contributed by atoms with E-state index >= 15 is 0 Å². The Bertz CT molecular complexity index is 898. The van der Waals surface area contributed by atoms with E-state index in [1.807, 2.05) is 6.07 Å². The molecule has 1 heterocycles. The number of para-hydroxylation sites is 1. The Hall–Kier alpha value is -2.52. The number of hydrogen-bond donors (Lipinski definition) is 1. The topological polar surface area (TPSA) is 44.5 Å². The lowest BCUT2D eigenvalue weighted by molar-refractivity contribution is 0.570. The summed E-state index contributed by atoms with van der Waals surface area (Å²) in [5, 5.41) is 8.93. The Labute approximate surface area is 117 Å². The third-order valence-corrected chi connectivity index (χ3v) is 3.26. The lowest BCUT2D eigenvalue weighted by Crippen LogP contribution is -2.01. The van der Waals surface area contributed by atoms with Crippen LogP contribution >= 0.6 is 12.2 Å². The molecule has 0 aliphatic heterocycles. The van der Waals surface area contributed by atoms with Crippen molar-refractivity contribution in [3.8, 4) is 11.8 Å². The summed E-state index contributed by atoms with van der Waals surface area (Å²) < 4.78 is 29.3. The van der Waals surface area contributed by atoms with Crippen LogP contribution in [0, 0.1) is 27.7 Å². The number of nitrogens with one attached hydrogen (secondary N) is 1. The predicted octanol–water partition coefficient (Wildman–Crippen LogP) is 3.84. The Morgan fingerprint density at radius 3 is 2.50 bits per heavy atom. The fourth-order valence-corrected chi connectivity index (χ4v) is 2.40. The number of rotatable bonds is 1. The molecule has 0 radical (unpaired) electrons. The number of aromatic nitrogens is 2. The average Bonchev–Trinajstić information content (AvgIpc) is 2.74. The molecule has 98 valence electrons. The van der Waals surface area contributed by atoms with Crippen molar-refractivity contribution < 1.29 is 8.78 Å². The van der Waals surface area contributed by atoms with E-state index in [4.69, 9.17) is 17.5 Å². The van der Waals surface area contributed by atoms with Gasteiger partial charge >= 0.3 is 0 Å². The van der Waals surface area contributed by atoms with Gasteiger partial charge in [-0.25, -0.2) is 8.78 Å². The number of halogens is 2. The molecule has 0 amide bonds. The molecule has 1 aromatic heterocycles. The number of fused-ring (bicyclic) bond motifs is 1. The van der Waals surface area contributed by atoms with Crippen molar-refractivity contribution in [1.82, 2.24) is 9.55 Å². The van der Waals surface area contributed by atoms with Gasteiger partial charge in [0.2, 0.25) is 0 Å². The molecule has 0 saturated carbocycles. The highest BCUT2D eigenvalue weighted by Gasteiger charge is 2.15. The normalized spacial score (nSPS) is 10.7. The van der Waals surface area contributed by atoms with Crippen LogP contribution in [0.5, 0.6) is 0 Å². The molecular weight excluding hydrogens is 280 g/mol. The SMILES string of the molecule is N#Cc1ccc2[nH]c(=S)n(-c3c(F)cccc3F)c2c1. The molecule has 0 aliphatic carbocycles. The quantitative estimate of drug-likeness (QED) is 0.691. The van der Waals surface area contributed by atoms with Crippen molar-refractivity contribution in [2.45, 2.75) is 0 Å². The highest BCUT2D eigenvalue weighted by molar-refractivity contribution is 7.71. The Morgan fingerprint density at radius 2 is 1.85 bits per heavy atom. The molecular formula is C14H7F2N3S. The van der Waals surface area contributed by atoms with E-state index in [2.05, 4.69) is 4.98 Å². The standard InChI is InChI=1S/C14H7F2N3S/c15-9-2-1-3-10(16)13(9)19-12-6-8(7-17)4-5-11(12)18-14(19)20/h1-6H,(H,18,20). The summed E-state index contributed by atoms with van der Waals surface area (Å²) in [5.41, 5.74) is 1.20. The van der Waals surface area contributed by atoms with Crippen LogP contribution in [0.1, 0.15) is 5.56 Å².